The molecule has 3 heteroatoms. The molecule has 0 unspecified atom stereocenters. The summed E-state index contributed by atoms with van der Waals surface area (Å²) >= 11 is 0. The van der Waals surface area contributed by atoms with Gasteiger partial charge in [0, 0.05) is 18.8 Å². The minimum absolute atomic E-state index is 0.339. The van der Waals surface area contributed by atoms with Gasteiger partial charge in [-0.1, -0.05) is 12.1 Å². The minimum Gasteiger partial charge on any atom is -0.386 e. The van der Waals surface area contributed by atoms with Gasteiger partial charge in [0.2, 0.25) is 0 Å². The zero-order valence-electron chi connectivity index (χ0n) is 9.40. The molecule has 82 valence electrons. The van der Waals surface area contributed by atoms with Crippen LogP contribution in [0.1, 0.15) is 19.4 Å². The van der Waals surface area contributed by atoms with E-state index in [1.165, 1.54) is 5.69 Å². The third-order valence-corrected chi connectivity index (χ3v) is 2.36. The van der Waals surface area contributed by atoms with E-state index < -0.39 is 0 Å². The Labute approximate surface area is 91.4 Å². The molecule has 0 radical (unpaired) electrons. The van der Waals surface area contributed by atoms with E-state index >= 15 is 0 Å². The smallest absolute Gasteiger partial charge is 0.0939 e. The number of nitrogens with zero attached hydrogens (tertiary/aromatic N) is 1. The summed E-state index contributed by atoms with van der Waals surface area (Å²) < 4.78 is 0. The van der Waals surface area contributed by atoms with Crippen LogP contribution in [0, 0.1) is 0 Å². The van der Waals surface area contributed by atoms with E-state index in [1.54, 1.807) is 6.08 Å². The fourth-order valence-corrected chi connectivity index (χ4v) is 1.56. The second-order valence-corrected chi connectivity index (χ2v) is 3.41. The monoisotopic (exact) mass is 205 g/mol. The third-order valence-electron chi connectivity index (χ3n) is 2.36. The normalized spacial score (nSPS) is 9.73. The summed E-state index contributed by atoms with van der Waals surface area (Å²) in [4.78, 5) is 2.29. The van der Waals surface area contributed by atoms with Gasteiger partial charge in [-0.15, -0.1) is 0 Å². The lowest BCUT2D eigenvalue weighted by Crippen LogP contribution is -2.21. The molecule has 0 saturated heterocycles. The molecule has 0 atom stereocenters. The first-order valence-corrected chi connectivity index (χ1v) is 5.25. The van der Waals surface area contributed by atoms with E-state index in [9.17, 15) is 0 Å². The number of anilines is 1. The lowest BCUT2D eigenvalue weighted by atomic mass is 10.2. The predicted molar refractivity (Wildman–Crippen MR) is 66.4 cm³/mol. The average molecular weight is 205 g/mol. The third kappa shape index (κ3) is 3.20. The van der Waals surface area contributed by atoms with E-state index in [2.05, 4.69) is 30.9 Å². The van der Waals surface area contributed by atoms with Gasteiger partial charge >= 0.3 is 0 Å². The molecule has 0 aromatic heterocycles. The molecule has 0 spiro atoms. The van der Waals surface area contributed by atoms with E-state index in [1.807, 2.05) is 12.1 Å². The van der Waals surface area contributed by atoms with Gasteiger partial charge in [0.05, 0.1) is 5.82 Å². The van der Waals surface area contributed by atoms with E-state index in [-0.39, 0.29) is 0 Å². The van der Waals surface area contributed by atoms with Gasteiger partial charge in [-0.3, -0.25) is 0 Å². The number of nitrogens with two attached hydrogens (primary N) is 2. The molecule has 15 heavy (non-hydrogen) atoms. The molecule has 1 rings (SSSR count). The van der Waals surface area contributed by atoms with Crippen LogP contribution in [0.3, 0.4) is 0 Å². The first kappa shape index (κ1) is 11.4. The minimum atomic E-state index is 0.339. The van der Waals surface area contributed by atoms with Gasteiger partial charge in [0.1, 0.15) is 0 Å². The molecular formula is C12H19N3. The Hall–Kier alpha value is -1.64. The zero-order chi connectivity index (χ0) is 11.3. The molecule has 0 aliphatic carbocycles. The van der Waals surface area contributed by atoms with E-state index in [0.717, 1.165) is 18.7 Å². The molecule has 0 fully saturated rings. The van der Waals surface area contributed by atoms with Crippen molar-refractivity contribution in [3.63, 3.8) is 0 Å². The van der Waals surface area contributed by atoms with Crippen molar-refractivity contribution in [2.45, 2.75) is 13.8 Å². The molecule has 0 saturated carbocycles. The fraction of sp³-hybridized carbons (Fsp3) is 0.333. The van der Waals surface area contributed by atoms with Gasteiger partial charge in [-0.05, 0) is 37.6 Å². The Balaban J connectivity index is 2.84. The molecule has 0 bridgehead atoms. The Morgan fingerprint density at radius 3 is 2.07 bits per heavy atom. The zero-order valence-corrected chi connectivity index (χ0v) is 9.40. The maximum absolute atomic E-state index is 5.40. The Morgan fingerprint density at radius 2 is 1.67 bits per heavy atom. The van der Waals surface area contributed by atoms with E-state index in [4.69, 9.17) is 11.5 Å². The molecule has 1 aromatic rings. The Kier molecular flexibility index (Phi) is 4.03. The summed E-state index contributed by atoms with van der Waals surface area (Å²) in [5.74, 6) is 0.339. The van der Waals surface area contributed by atoms with Crippen molar-refractivity contribution in [1.29, 1.82) is 0 Å². The van der Waals surface area contributed by atoms with Crippen LogP contribution in [0.5, 0.6) is 0 Å². The van der Waals surface area contributed by atoms with E-state index in [0.29, 0.717) is 5.82 Å². The average Bonchev–Trinajstić information content (AvgIpc) is 2.21. The molecule has 1 aromatic carbocycles. The van der Waals surface area contributed by atoms with Crippen LogP contribution in [-0.2, 0) is 0 Å². The molecule has 0 heterocycles. The van der Waals surface area contributed by atoms with Crippen LogP contribution >= 0.6 is 0 Å². The summed E-state index contributed by atoms with van der Waals surface area (Å²) in [5.41, 5.74) is 13.1. The molecule has 0 aliphatic rings. The van der Waals surface area contributed by atoms with Crippen LogP contribution in [0.4, 0.5) is 5.69 Å². The number of benzene rings is 1. The van der Waals surface area contributed by atoms with Crippen molar-refractivity contribution in [3.05, 3.63) is 35.6 Å². The summed E-state index contributed by atoms with van der Waals surface area (Å²) in [7, 11) is 0. The predicted octanol–water partition coefficient (Wildman–Crippen LogP) is 1.75. The van der Waals surface area contributed by atoms with Crippen LogP contribution in [0.15, 0.2) is 30.1 Å². The lowest BCUT2D eigenvalue weighted by molar-refractivity contribution is 0.866. The van der Waals surface area contributed by atoms with Crippen LogP contribution in [-0.4, -0.2) is 13.1 Å². The van der Waals surface area contributed by atoms with Crippen molar-refractivity contribution >= 4 is 11.8 Å². The topological polar surface area (TPSA) is 55.3 Å². The number of hydrogen-bond acceptors (Lipinski definition) is 3. The second-order valence-electron chi connectivity index (χ2n) is 3.41. The summed E-state index contributed by atoms with van der Waals surface area (Å²) in [6, 6.07) is 8.21. The quantitative estimate of drug-likeness (QED) is 0.787. The van der Waals surface area contributed by atoms with Gasteiger partial charge in [-0.25, -0.2) is 0 Å². The highest BCUT2D eigenvalue weighted by Crippen LogP contribution is 2.15. The SMILES string of the molecule is CCN(CC)c1ccc(C=C(N)N)cc1. The number of hydrogen-bond donors (Lipinski definition) is 2. The lowest BCUT2D eigenvalue weighted by Gasteiger charge is -2.20. The molecule has 4 N–H and O–H groups in total. The summed E-state index contributed by atoms with van der Waals surface area (Å²) in [6.45, 7) is 6.33. The molecule has 3 nitrogen and oxygen atoms in total. The summed E-state index contributed by atoms with van der Waals surface area (Å²) in [5, 5.41) is 0. The van der Waals surface area contributed by atoms with Crippen molar-refractivity contribution in [2.75, 3.05) is 18.0 Å². The maximum Gasteiger partial charge on any atom is 0.0939 e. The first-order valence-electron chi connectivity index (χ1n) is 5.25. The fourth-order valence-electron chi connectivity index (χ4n) is 1.56. The standard InChI is InChI=1S/C12H19N3/c1-3-15(4-2)11-7-5-10(6-8-11)9-12(13)14/h5-9H,3-4,13-14H2,1-2H3. The van der Waals surface area contributed by atoms with Gasteiger partial charge < -0.3 is 16.4 Å². The molecule has 0 amide bonds. The van der Waals surface area contributed by atoms with Crippen molar-refractivity contribution in [3.8, 4) is 0 Å². The highest BCUT2D eigenvalue weighted by Gasteiger charge is 2.00. The van der Waals surface area contributed by atoms with Crippen molar-refractivity contribution in [2.24, 2.45) is 11.5 Å². The highest BCUT2D eigenvalue weighted by molar-refractivity contribution is 5.57. The number of rotatable bonds is 4. The van der Waals surface area contributed by atoms with Crippen LogP contribution < -0.4 is 16.4 Å². The van der Waals surface area contributed by atoms with Gasteiger partial charge in [-0.2, -0.15) is 0 Å². The van der Waals surface area contributed by atoms with Crippen molar-refractivity contribution in [1.82, 2.24) is 0 Å². The van der Waals surface area contributed by atoms with Crippen LogP contribution in [0.2, 0.25) is 0 Å². The molecular weight excluding hydrogens is 186 g/mol. The summed E-state index contributed by atoms with van der Waals surface area (Å²) in [6.07, 6.45) is 1.76. The van der Waals surface area contributed by atoms with Crippen molar-refractivity contribution < 1.29 is 0 Å². The largest absolute Gasteiger partial charge is 0.386 e. The first-order chi connectivity index (χ1) is 7.17. The molecule has 0 aliphatic heterocycles. The van der Waals surface area contributed by atoms with Gasteiger partial charge in [0.15, 0.2) is 0 Å². The highest BCUT2D eigenvalue weighted by atomic mass is 15.1. The Bertz CT molecular complexity index is 319. The second kappa shape index (κ2) is 5.29. The van der Waals surface area contributed by atoms with Gasteiger partial charge in [0.25, 0.3) is 0 Å². The Morgan fingerprint density at radius 1 is 1.13 bits per heavy atom. The maximum atomic E-state index is 5.40. The van der Waals surface area contributed by atoms with Crippen LogP contribution in [0.25, 0.3) is 6.08 Å².